The van der Waals surface area contributed by atoms with Crippen LogP contribution in [0.15, 0.2) is 115 Å². The predicted molar refractivity (Wildman–Crippen MR) is 193 cm³/mol. The van der Waals surface area contributed by atoms with E-state index in [1.807, 2.05) is 66.7 Å². The Labute approximate surface area is 286 Å². The number of aliphatic hydroxyl groups excluding tert-OH is 1. The SMILES string of the molecule is O=C(N[C@H](CO)Cc1ccccc1)[C@@](CCCCCCCc1ccc(-c2ccccc2)cc1)(C(=O)OCc1ccccc1)C1CCCC1. The second kappa shape index (κ2) is 18.4. The zero-order chi connectivity index (χ0) is 33.4. The van der Waals surface area contributed by atoms with Gasteiger partial charge in [0.1, 0.15) is 12.0 Å². The van der Waals surface area contributed by atoms with Crippen molar-refractivity contribution in [2.45, 2.75) is 89.7 Å². The lowest BCUT2D eigenvalue weighted by Gasteiger charge is -2.37. The van der Waals surface area contributed by atoms with Crippen molar-refractivity contribution in [1.29, 1.82) is 0 Å². The minimum atomic E-state index is -1.27. The number of ether oxygens (including phenoxy) is 1. The van der Waals surface area contributed by atoms with Crippen molar-refractivity contribution in [3.63, 3.8) is 0 Å². The molecule has 1 saturated carbocycles. The van der Waals surface area contributed by atoms with E-state index in [1.165, 1.54) is 16.7 Å². The number of aliphatic hydroxyl groups is 1. The zero-order valence-corrected chi connectivity index (χ0v) is 28.2. The maximum atomic E-state index is 14.4. The van der Waals surface area contributed by atoms with Crippen LogP contribution in [0.3, 0.4) is 0 Å². The third-order valence-corrected chi connectivity index (χ3v) is 10.0. The molecule has 0 heterocycles. The highest BCUT2D eigenvalue weighted by molar-refractivity contribution is 6.03. The van der Waals surface area contributed by atoms with Gasteiger partial charge in [0.15, 0.2) is 0 Å². The van der Waals surface area contributed by atoms with Gasteiger partial charge in [-0.2, -0.15) is 0 Å². The average Bonchev–Trinajstić information content (AvgIpc) is 3.68. The van der Waals surface area contributed by atoms with Gasteiger partial charge in [-0.05, 0) is 72.3 Å². The largest absolute Gasteiger partial charge is 0.460 e. The summed E-state index contributed by atoms with van der Waals surface area (Å²) in [5.41, 5.74) is 4.48. The monoisotopic (exact) mass is 645 g/mol. The normalized spacial score (nSPS) is 15.0. The van der Waals surface area contributed by atoms with E-state index < -0.39 is 17.4 Å². The van der Waals surface area contributed by atoms with Crippen LogP contribution in [0.2, 0.25) is 0 Å². The number of carbonyl (C=O) groups is 2. The topological polar surface area (TPSA) is 75.6 Å². The Hall–Kier alpha value is -4.22. The summed E-state index contributed by atoms with van der Waals surface area (Å²) in [7, 11) is 0. The molecule has 0 saturated heterocycles. The summed E-state index contributed by atoms with van der Waals surface area (Å²) in [4.78, 5) is 28.6. The molecule has 5 heteroatoms. The summed E-state index contributed by atoms with van der Waals surface area (Å²) >= 11 is 0. The van der Waals surface area contributed by atoms with Crippen molar-refractivity contribution in [2.75, 3.05) is 6.61 Å². The first-order valence-electron chi connectivity index (χ1n) is 17.9. The quantitative estimate of drug-likeness (QED) is 0.0644. The van der Waals surface area contributed by atoms with Crippen molar-refractivity contribution >= 4 is 11.9 Å². The second-order valence-electron chi connectivity index (χ2n) is 13.4. The number of hydrogen-bond acceptors (Lipinski definition) is 4. The van der Waals surface area contributed by atoms with Gasteiger partial charge in [0.2, 0.25) is 5.91 Å². The van der Waals surface area contributed by atoms with Crippen LogP contribution in [0.5, 0.6) is 0 Å². The summed E-state index contributed by atoms with van der Waals surface area (Å²) in [5.74, 6) is -0.789. The van der Waals surface area contributed by atoms with Crippen LogP contribution in [-0.4, -0.2) is 29.6 Å². The standard InChI is InChI=1S/C43H51NO4/c45-32-40(31-35-18-8-4-9-19-35)44-41(46)43(39-24-14-15-25-39,42(47)48-33-36-20-10-5-11-21-36)30-16-3-1-2-7-17-34-26-28-38(29-27-34)37-22-12-6-13-23-37/h4-6,8-13,18-23,26-29,39-40,45H,1-3,7,14-17,24-25,30-33H2,(H,44,46)/t40-,43-/m0/s1. The molecule has 4 aromatic rings. The maximum absolute atomic E-state index is 14.4. The van der Waals surface area contributed by atoms with Crippen molar-refractivity contribution in [3.8, 4) is 11.1 Å². The van der Waals surface area contributed by atoms with Crippen molar-refractivity contribution in [2.24, 2.45) is 11.3 Å². The van der Waals surface area contributed by atoms with Gasteiger partial charge in [-0.15, -0.1) is 0 Å². The van der Waals surface area contributed by atoms with E-state index >= 15 is 0 Å². The first-order chi connectivity index (χ1) is 23.6. The molecule has 0 aromatic heterocycles. The van der Waals surface area contributed by atoms with Gasteiger partial charge in [0.25, 0.3) is 0 Å². The molecule has 1 aliphatic carbocycles. The van der Waals surface area contributed by atoms with E-state index in [4.69, 9.17) is 4.74 Å². The van der Waals surface area contributed by atoms with Gasteiger partial charge in [-0.1, -0.05) is 154 Å². The first kappa shape index (κ1) is 35.1. The molecular formula is C43H51NO4. The number of carbonyl (C=O) groups excluding carboxylic acids is 2. The maximum Gasteiger partial charge on any atom is 0.322 e. The van der Waals surface area contributed by atoms with Crippen LogP contribution < -0.4 is 5.32 Å². The molecule has 2 N–H and O–H groups in total. The Morgan fingerprint density at radius 1 is 0.688 bits per heavy atom. The molecule has 5 nitrogen and oxygen atoms in total. The lowest BCUT2D eigenvalue weighted by molar-refractivity contribution is -0.168. The van der Waals surface area contributed by atoms with E-state index in [0.717, 1.165) is 75.3 Å². The summed E-state index contributed by atoms with van der Waals surface area (Å²) < 4.78 is 5.98. The van der Waals surface area contributed by atoms with Crippen LogP contribution in [-0.2, 0) is 33.8 Å². The number of amides is 1. The Balaban J connectivity index is 1.21. The van der Waals surface area contributed by atoms with Gasteiger partial charge < -0.3 is 15.2 Å². The number of nitrogens with one attached hydrogen (secondary N) is 1. The van der Waals surface area contributed by atoms with Crippen molar-refractivity contribution < 1.29 is 19.4 Å². The number of rotatable bonds is 18. The van der Waals surface area contributed by atoms with Crippen molar-refractivity contribution in [3.05, 3.63) is 132 Å². The molecule has 1 amide bonds. The fourth-order valence-electron chi connectivity index (χ4n) is 7.27. The Morgan fingerprint density at radius 3 is 1.90 bits per heavy atom. The predicted octanol–water partition coefficient (Wildman–Crippen LogP) is 8.88. The summed E-state index contributed by atoms with van der Waals surface area (Å²) in [6, 6.07) is 38.3. The highest BCUT2D eigenvalue weighted by atomic mass is 16.5. The smallest absolute Gasteiger partial charge is 0.322 e. The fraction of sp³-hybridized carbons (Fsp3) is 0.395. The van der Waals surface area contributed by atoms with Crippen molar-refractivity contribution in [1.82, 2.24) is 5.32 Å². The highest BCUT2D eigenvalue weighted by Gasteiger charge is 2.53. The molecule has 0 unspecified atom stereocenters. The molecule has 1 fully saturated rings. The van der Waals surface area contributed by atoms with Gasteiger partial charge >= 0.3 is 5.97 Å². The number of hydrogen-bond donors (Lipinski definition) is 2. The minimum absolute atomic E-state index is 0.0734. The summed E-state index contributed by atoms with van der Waals surface area (Å²) in [6.45, 7) is -0.0589. The third kappa shape index (κ3) is 9.67. The number of unbranched alkanes of at least 4 members (excludes halogenated alkanes) is 4. The Kier molecular flexibility index (Phi) is 13.4. The van der Waals surface area contributed by atoms with Gasteiger partial charge in [0.05, 0.1) is 12.6 Å². The van der Waals surface area contributed by atoms with Crippen LogP contribution in [0.1, 0.15) is 80.9 Å². The number of benzene rings is 4. The molecule has 5 rings (SSSR count). The van der Waals surface area contributed by atoms with E-state index in [2.05, 4.69) is 53.8 Å². The summed E-state index contributed by atoms with van der Waals surface area (Å²) in [5, 5.41) is 13.4. The third-order valence-electron chi connectivity index (χ3n) is 10.0. The average molecular weight is 646 g/mol. The molecule has 0 spiro atoms. The van der Waals surface area contributed by atoms with Gasteiger partial charge in [0, 0.05) is 0 Å². The van der Waals surface area contributed by atoms with Crippen LogP contribution in [0.25, 0.3) is 11.1 Å². The Bertz CT molecular complexity index is 1520. The summed E-state index contributed by atoms with van der Waals surface area (Å²) in [6.07, 6.45) is 10.7. The molecule has 0 aliphatic heterocycles. The van der Waals surface area contributed by atoms with E-state index in [-0.39, 0.29) is 25.0 Å². The van der Waals surface area contributed by atoms with E-state index in [1.54, 1.807) is 0 Å². The van der Waals surface area contributed by atoms with E-state index in [9.17, 15) is 14.7 Å². The molecule has 2 atom stereocenters. The minimum Gasteiger partial charge on any atom is -0.460 e. The lowest BCUT2D eigenvalue weighted by Crippen LogP contribution is -2.55. The van der Waals surface area contributed by atoms with Gasteiger partial charge in [-0.3, -0.25) is 9.59 Å². The zero-order valence-electron chi connectivity index (χ0n) is 28.2. The Morgan fingerprint density at radius 2 is 1.25 bits per heavy atom. The van der Waals surface area contributed by atoms with Crippen LogP contribution >= 0.6 is 0 Å². The molecule has 252 valence electrons. The number of aryl methyl sites for hydroxylation is 1. The molecule has 1 aliphatic rings. The molecule has 48 heavy (non-hydrogen) atoms. The first-order valence-corrected chi connectivity index (χ1v) is 17.9. The highest BCUT2D eigenvalue weighted by Crippen LogP contribution is 2.45. The van der Waals surface area contributed by atoms with Crippen LogP contribution in [0, 0.1) is 11.3 Å². The lowest BCUT2D eigenvalue weighted by atomic mass is 9.69. The molecule has 0 bridgehead atoms. The second-order valence-corrected chi connectivity index (χ2v) is 13.4. The number of esters is 1. The van der Waals surface area contributed by atoms with Crippen LogP contribution in [0.4, 0.5) is 0 Å². The molecule has 0 radical (unpaired) electrons. The molecule has 4 aromatic carbocycles. The van der Waals surface area contributed by atoms with E-state index in [0.29, 0.717) is 12.8 Å². The fourth-order valence-corrected chi connectivity index (χ4v) is 7.27. The molecular weight excluding hydrogens is 594 g/mol. The van der Waals surface area contributed by atoms with Gasteiger partial charge in [-0.25, -0.2) is 0 Å².